The Kier molecular flexibility index (Phi) is 46.6. The van der Waals surface area contributed by atoms with Gasteiger partial charge >= 0.3 is 0 Å². The first-order chi connectivity index (χ1) is 45.4. The standard InChI is InChI=1S/C34H44N2O2.C27H42N2O2.C24H26N2O2.3CH4.3CH3.3Co/c1-22-15-24(30(37)27(16-22)33(5,6)7)20-35-19-23-13-11-12-14-29(23)36-21-25-17-26(32(2,3)4)18-28(31(25)38)34(8,9)10;1-17(19(3)30)18(2)29-24-13-11-10-12-23(24)28-16-20-14-21(26(4,5)6)15-22(25(20)31)27(7,8)9;27-23(19-9-3-1-4-10-19)15-17-25-21-13-7-8-14-22(21)26-18-16-24(28)20-11-5-2-6-12-20;;;;;;;;;/h11-18,20-21,37-38H,19H2,1-10H3;14-16,23-24,30-31H,10-13H2,1-9H3;1-6,9-12,15-18,21-22,27-28H,7-8,13-14H2;3*1H4;3*1H3;;;/q;;;;;;3*-1;;;. The summed E-state index contributed by atoms with van der Waals surface area (Å²) in [6.07, 6.45) is 20.5. The van der Waals surface area contributed by atoms with E-state index in [1.165, 1.54) is 5.56 Å². The fourth-order valence-electron chi connectivity index (χ4n) is 11.6. The SMILES string of the molecule is C.C.C.CC(=NC1CCCCC1N=Cc1cc(C(C)(C)C)cc(C(C)(C)C)c1O)C(C)=C(C)O.Cc1cc(C=NCc2ccccc2N=Cc2cc(C(C)(C)C)cc(C(C)(C)C)c2O)c(O)c(C(C)(C)C)c1.OC(=CC=NC1CCCCC1N=CC=C(O)c1ccccc1)c1ccccc1.[CH3-].[CH3-].[CH3-].[Co].[Co].[Co]. The first-order valence-corrected chi connectivity index (χ1v) is 34.6. The normalized spacial score (nSPS) is 16.8. The summed E-state index contributed by atoms with van der Waals surface area (Å²) in [7, 11) is 0. The summed E-state index contributed by atoms with van der Waals surface area (Å²) in [5.41, 5.74) is 12.8. The molecule has 12 nitrogen and oxygen atoms in total. The topological polar surface area (TPSA) is 196 Å². The number of aryl methyl sites for hydroxylation is 1. The van der Waals surface area contributed by atoms with Crippen LogP contribution in [-0.2, 0) is 84.0 Å². The number of nitrogens with zero attached hydrogens (tertiary/aromatic N) is 6. The summed E-state index contributed by atoms with van der Waals surface area (Å²) in [6, 6.07) is 39.4. The van der Waals surface area contributed by atoms with E-state index in [9.17, 15) is 30.6 Å². The molecule has 593 valence electrons. The Hall–Kier alpha value is -7.12. The number of benzene rings is 6. The van der Waals surface area contributed by atoms with Gasteiger partial charge in [0.25, 0.3) is 0 Å². The van der Waals surface area contributed by atoms with Crippen molar-refractivity contribution >= 4 is 54.0 Å². The minimum Gasteiger partial charge on any atom is -0.512 e. The van der Waals surface area contributed by atoms with Crippen molar-refractivity contribution in [1.82, 2.24) is 0 Å². The molecule has 3 radical (unpaired) electrons. The molecule has 0 aliphatic heterocycles. The number of rotatable bonds is 15. The van der Waals surface area contributed by atoms with Crippen LogP contribution in [0, 0.1) is 29.2 Å². The zero-order chi connectivity index (χ0) is 71.6. The molecule has 6 aromatic carbocycles. The fourth-order valence-corrected chi connectivity index (χ4v) is 11.6. The molecule has 6 N–H and O–H groups in total. The van der Waals surface area contributed by atoms with E-state index in [1.807, 2.05) is 130 Å². The van der Waals surface area contributed by atoms with Gasteiger partial charge in [0.2, 0.25) is 0 Å². The molecule has 0 amide bonds. The van der Waals surface area contributed by atoms with Crippen LogP contribution in [-0.4, -0.2) is 91.6 Å². The molecule has 2 saturated carbocycles. The Bertz CT molecular complexity index is 3830. The molecule has 15 heteroatoms. The number of aliphatic hydroxyl groups excluding tert-OH is 3. The monoisotopic (exact) mass is 1580 g/mol. The third kappa shape index (κ3) is 31.6. The number of para-hydroxylation sites is 1. The Morgan fingerprint density at radius 3 is 1.19 bits per heavy atom. The zero-order valence-electron chi connectivity index (χ0n) is 65.6. The number of allylic oxidation sites excluding steroid dienone is 4. The van der Waals surface area contributed by atoms with Gasteiger partial charge in [-0.05, 0) is 139 Å². The summed E-state index contributed by atoms with van der Waals surface area (Å²) in [6.45, 7) is 40.1. The average Bonchev–Trinajstić information content (AvgIpc) is 0.809. The molecule has 0 heterocycles. The molecule has 4 atom stereocenters. The summed E-state index contributed by atoms with van der Waals surface area (Å²) >= 11 is 0. The molecule has 8 rings (SSSR count). The summed E-state index contributed by atoms with van der Waals surface area (Å²) in [5.74, 6) is 1.60. The molecule has 2 aliphatic rings. The van der Waals surface area contributed by atoms with Gasteiger partial charge in [-0.2, -0.15) is 0 Å². The average molecular weight is 1580 g/mol. The van der Waals surface area contributed by atoms with Gasteiger partial charge in [0.05, 0.1) is 42.2 Å². The van der Waals surface area contributed by atoms with Crippen molar-refractivity contribution in [3.05, 3.63) is 234 Å². The third-order valence-corrected chi connectivity index (χ3v) is 17.9. The maximum absolute atomic E-state index is 11.1. The number of phenols is 3. The second-order valence-electron chi connectivity index (χ2n) is 31.3. The predicted molar refractivity (Wildman–Crippen MR) is 452 cm³/mol. The predicted octanol–water partition coefficient (Wildman–Crippen LogP) is 24.6. The molecule has 0 saturated heterocycles. The van der Waals surface area contributed by atoms with E-state index in [4.69, 9.17) is 15.0 Å². The van der Waals surface area contributed by atoms with Crippen LogP contribution in [0.4, 0.5) is 5.69 Å². The van der Waals surface area contributed by atoms with Crippen LogP contribution < -0.4 is 0 Å². The van der Waals surface area contributed by atoms with Crippen LogP contribution in [0.2, 0.25) is 0 Å². The number of aromatic hydroxyl groups is 3. The van der Waals surface area contributed by atoms with Crippen LogP contribution in [0.5, 0.6) is 17.2 Å². The number of hydrogen-bond donors (Lipinski definition) is 6. The van der Waals surface area contributed by atoms with Gasteiger partial charge in [-0.25, -0.2) is 0 Å². The van der Waals surface area contributed by atoms with E-state index in [2.05, 4.69) is 137 Å². The first kappa shape index (κ1) is 105. The van der Waals surface area contributed by atoms with Crippen molar-refractivity contribution < 1.29 is 81.0 Å². The van der Waals surface area contributed by atoms with Crippen molar-refractivity contribution in [1.29, 1.82) is 0 Å². The second-order valence-corrected chi connectivity index (χ2v) is 31.3. The van der Waals surface area contributed by atoms with Crippen LogP contribution in [0.25, 0.3) is 11.5 Å². The van der Waals surface area contributed by atoms with Crippen LogP contribution in [0.15, 0.2) is 175 Å². The molecule has 0 spiro atoms. The molecule has 0 aromatic heterocycles. The van der Waals surface area contributed by atoms with Gasteiger partial charge in [0.15, 0.2) is 0 Å². The molecule has 2 aliphatic carbocycles. The van der Waals surface area contributed by atoms with E-state index >= 15 is 0 Å². The maximum atomic E-state index is 11.1. The minimum atomic E-state index is -0.200. The van der Waals surface area contributed by atoms with Gasteiger partial charge in [-0.15, -0.1) is 0 Å². The molecular formula is C91H133Co3N6O6-3. The first-order valence-electron chi connectivity index (χ1n) is 34.6. The zero-order valence-corrected chi connectivity index (χ0v) is 68.8. The fraction of sp³-hybridized carbons (Fsp3) is 0.440. The molecule has 4 unspecified atom stereocenters. The summed E-state index contributed by atoms with van der Waals surface area (Å²) in [5, 5.41) is 63.1. The van der Waals surface area contributed by atoms with E-state index in [0.717, 1.165) is 124 Å². The smallest absolute Gasteiger partial charge is 0.128 e. The van der Waals surface area contributed by atoms with E-state index in [0.29, 0.717) is 23.6 Å². The van der Waals surface area contributed by atoms with E-state index in [-0.39, 0.29) is 169 Å². The second kappa shape index (κ2) is 47.0. The minimum absolute atomic E-state index is 0. The molecule has 2 fully saturated rings. The largest absolute Gasteiger partial charge is 0.512 e. The Morgan fingerprint density at radius 1 is 0.434 bits per heavy atom. The third-order valence-electron chi connectivity index (χ3n) is 17.9. The number of hydrogen-bond acceptors (Lipinski definition) is 12. The number of phenolic OH excluding ortho intramolecular Hbond substituents is 3. The van der Waals surface area contributed by atoms with Gasteiger partial charge in [-0.1, -0.05) is 249 Å². The quantitative estimate of drug-likeness (QED) is 0.0336. The Morgan fingerprint density at radius 2 is 0.792 bits per heavy atom. The van der Waals surface area contributed by atoms with Crippen LogP contribution in [0.3, 0.4) is 0 Å². The molecule has 0 bridgehead atoms. The van der Waals surface area contributed by atoms with Gasteiger partial charge in [0.1, 0.15) is 28.8 Å². The molecular weight excluding hydrogens is 1450 g/mol. The Labute approximate surface area is 674 Å². The van der Waals surface area contributed by atoms with Gasteiger partial charge < -0.3 is 52.9 Å². The van der Waals surface area contributed by atoms with Crippen molar-refractivity contribution in [3.63, 3.8) is 0 Å². The van der Waals surface area contributed by atoms with Crippen molar-refractivity contribution in [2.45, 2.75) is 263 Å². The Balaban J connectivity index is -0.000000714. The van der Waals surface area contributed by atoms with Crippen molar-refractivity contribution in [2.24, 2.45) is 30.0 Å². The summed E-state index contributed by atoms with van der Waals surface area (Å²) < 4.78 is 0. The van der Waals surface area contributed by atoms with Crippen LogP contribution >= 0.6 is 0 Å². The summed E-state index contributed by atoms with van der Waals surface area (Å²) in [4.78, 5) is 28.5. The maximum Gasteiger partial charge on any atom is 0.128 e. The molecule has 6 aromatic rings. The van der Waals surface area contributed by atoms with E-state index < -0.39 is 0 Å². The van der Waals surface area contributed by atoms with Gasteiger partial charge in [-0.3, -0.25) is 30.0 Å². The number of aliphatic hydroxyl groups is 3. The van der Waals surface area contributed by atoms with Crippen LogP contribution in [0.1, 0.15) is 265 Å². The molecule has 106 heavy (non-hydrogen) atoms. The van der Waals surface area contributed by atoms with Crippen molar-refractivity contribution in [3.8, 4) is 17.2 Å². The van der Waals surface area contributed by atoms with Crippen molar-refractivity contribution in [2.75, 3.05) is 0 Å². The number of aliphatic imine (C=N–C) groups is 6. The van der Waals surface area contributed by atoms with E-state index in [1.54, 1.807) is 43.9 Å². The van der Waals surface area contributed by atoms with Gasteiger partial charge in [0, 0.05) is 137 Å².